The van der Waals surface area contributed by atoms with Gasteiger partial charge in [-0.3, -0.25) is 14.6 Å². The van der Waals surface area contributed by atoms with Gasteiger partial charge in [-0.25, -0.2) is 0 Å². The fourth-order valence-corrected chi connectivity index (χ4v) is 1.47. The van der Waals surface area contributed by atoms with Crippen molar-refractivity contribution in [2.24, 2.45) is 0 Å². The Labute approximate surface area is 110 Å². The third-order valence-corrected chi connectivity index (χ3v) is 2.37. The van der Waals surface area contributed by atoms with Crippen LogP contribution in [0.3, 0.4) is 0 Å². The monoisotopic (exact) mass is 299 g/mol. The molecule has 0 aliphatic carbocycles. The number of carbonyl (C=O) groups is 1. The number of hydrogen-bond acceptors (Lipinski definition) is 4. The summed E-state index contributed by atoms with van der Waals surface area (Å²) in [6.07, 6.45) is -5.47. The number of aromatic amines is 1. The van der Waals surface area contributed by atoms with Gasteiger partial charge in [0.2, 0.25) is 5.88 Å². The number of carbonyl (C=O) groups excluding carboxylic acids is 1. The lowest BCUT2D eigenvalue weighted by atomic mass is 10.1. The molecule has 106 valence electrons. The van der Waals surface area contributed by atoms with Crippen molar-refractivity contribution in [1.82, 2.24) is 4.98 Å². The van der Waals surface area contributed by atoms with Gasteiger partial charge in [-0.05, 0) is 6.07 Å². The molecule has 0 spiro atoms. The number of hydrogen-bond donors (Lipinski definition) is 1. The van der Waals surface area contributed by atoms with Crippen molar-refractivity contribution in [3.8, 4) is 5.88 Å². The van der Waals surface area contributed by atoms with E-state index in [2.05, 4.69) is 9.47 Å². The summed E-state index contributed by atoms with van der Waals surface area (Å²) >= 11 is 5.46. The minimum atomic E-state index is -4.99. The average molecular weight is 300 g/mol. The van der Waals surface area contributed by atoms with E-state index in [1.54, 1.807) is 0 Å². The Morgan fingerprint density at radius 2 is 2.05 bits per heavy atom. The predicted molar refractivity (Wildman–Crippen MR) is 59.0 cm³/mol. The molecule has 0 saturated heterocycles. The van der Waals surface area contributed by atoms with Gasteiger partial charge in [0, 0.05) is 11.1 Å². The Morgan fingerprint density at radius 1 is 1.42 bits per heavy atom. The van der Waals surface area contributed by atoms with Crippen molar-refractivity contribution >= 4 is 17.6 Å². The van der Waals surface area contributed by atoms with Crippen LogP contribution in [0.2, 0.25) is 0 Å². The third kappa shape index (κ3) is 4.47. The van der Waals surface area contributed by atoms with E-state index >= 15 is 0 Å². The highest BCUT2D eigenvalue weighted by Crippen LogP contribution is 2.24. The highest BCUT2D eigenvalue weighted by Gasteiger charge is 2.33. The highest BCUT2D eigenvalue weighted by atomic mass is 35.5. The normalized spacial score (nSPS) is 11.2. The number of H-pyrrole nitrogens is 1. The van der Waals surface area contributed by atoms with Crippen LogP contribution in [-0.4, -0.2) is 24.4 Å². The molecule has 1 rings (SSSR count). The molecule has 1 N–H and O–H groups in total. The zero-order valence-corrected chi connectivity index (χ0v) is 10.4. The summed E-state index contributed by atoms with van der Waals surface area (Å²) in [7, 11) is 1.08. The van der Waals surface area contributed by atoms with Gasteiger partial charge in [-0.2, -0.15) is 0 Å². The minimum absolute atomic E-state index is 0.0232. The number of esters is 1. The average Bonchev–Trinajstić information content (AvgIpc) is 2.30. The van der Waals surface area contributed by atoms with E-state index in [9.17, 15) is 22.8 Å². The van der Waals surface area contributed by atoms with Gasteiger partial charge in [0.05, 0.1) is 19.4 Å². The molecular formula is C10H9ClF3NO4. The molecule has 0 fully saturated rings. The fraction of sp³-hybridized carbons (Fsp3) is 0.400. The van der Waals surface area contributed by atoms with Crippen LogP contribution in [-0.2, 0) is 21.8 Å². The number of methoxy groups -OCH3 is 1. The van der Waals surface area contributed by atoms with Gasteiger partial charge in [-0.1, -0.05) is 0 Å². The number of nitrogens with one attached hydrogen (secondary N) is 1. The van der Waals surface area contributed by atoms with Crippen molar-refractivity contribution < 1.29 is 27.4 Å². The second kappa shape index (κ2) is 5.96. The summed E-state index contributed by atoms with van der Waals surface area (Å²) in [4.78, 5) is 24.4. The molecule has 0 saturated carbocycles. The summed E-state index contributed by atoms with van der Waals surface area (Å²) < 4.78 is 44.5. The largest absolute Gasteiger partial charge is 0.574 e. The highest BCUT2D eigenvalue weighted by molar-refractivity contribution is 6.17. The first kappa shape index (κ1) is 15.4. The molecule has 1 aromatic rings. The quantitative estimate of drug-likeness (QED) is 0.679. The van der Waals surface area contributed by atoms with Crippen LogP contribution in [0.15, 0.2) is 10.9 Å². The SMILES string of the molecule is COC(=O)Cc1cc(CCl)c(=O)[nH]c1OC(F)(F)F. The Balaban J connectivity index is 3.22. The molecule has 19 heavy (non-hydrogen) atoms. The minimum Gasteiger partial charge on any atom is -0.469 e. The third-order valence-electron chi connectivity index (χ3n) is 2.08. The topological polar surface area (TPSA) is 68.4 Å². The first-order valence-corrected chi connectivity index (χ1v) is 5.44. The van der Waals surface area contributed by atoms with Crippen LogP contribution in [0.4, 0.5) is 13.2 Å². The lowest BCUT2D eigenvalue weighted by Crippen LogP contribution is -2.23. The zero-order chi connectivity index (χ0) is 14.6. The molecule has 1 aromatic heterocycles. The van der Waals surface area contributed by atoms with E-state index in [-0.39, 0.29) is 17.0 Å². The molecule has 0 unspecified atom stereocenters. The summed E-state index contributed by atoms with van der Waals surface area (Å²) in [5, 5.41) is 0. The Hall–Kier alpha value is -1.70. The second-order valence-corrected chi connectivity index (χ2v) is 3.68. The number of pyridine rings is 1. The number of aromatic nitrogens is 1. The number of ether oxygens (including phenoxy) is 2. The van der Waals surface area contributed by atoms with Crippen molar-refractivity contribution in [3.05, 3.63) is 27.5 Å². The van der Waals surface area contributed by atoms with Gasteiger partial charge < -0.3 is 9.47 Å². The molecule has 0 bridgehead atoms. The van der Waals surface area contributed by atoms with E-state index in [0.717, 1.165) is 13.2 Å². The van der Waals surface area contributed by atoms with Crippen LogP contribution < -0.4 is 10.3 Å². The summed E-state index contributed by atoms with van der Waals surface area (Å²) in [5.74, 6) is -1.84. The van der Waals surface area contributed by atoms with Crippen molar-refractivity contribution in [1.29, 1.82) is 0 Å². The van der Waals surface area contributed by atoms with Crippen molar-refractivity contribution in [3.63, 3.8) is 0 Å². The van der Waals surface area contributed by atoms with Crippen LogP contribution in [0.1, 0.15) is 11.1 Å². The molecule has 0 atom stereocenters. The zero-order valence-electron chi connectivity index (χ0n) is 9.64. The first-order chi connectivity index (χ1) is 8.76. The van der Waals surface area contributed by atoms with Gasteiger partial charge >= 0.3 is 12.3 Å². The summed E-state index contributed by atoms with van der Waals surface area (Å²) in [5.41, 5.74) is -0.961. The summed E-state index contributed by atoms with van der Waals surface area (Å²) in [6.45, 7) is 0. The van der Waals surface area contributed by atoms with E-state index in [0.29, 0.717) is 0 Å². The molecule has 9 heteroatoms. The maximum atomic E-state index is 12.2. The molecule has 0 aromatic carbocycles. The van der Waals surface area contributed by atoms with Gasteiger partial charge in [0.15, 0.2) is 0 Å². The summed E-state index contributed by atoms with van der Waals surface area (Å²) in [6, 6.07) is 1.07. The Kier molecular flexibility index (Phi) is 4.82. The number of alkyl halides is 4. The molecule has 0 amide bonds. The molecule has 0 aliphatic rings. The van der Waals surface area contributed by atoms with Crippen LogP contribution in [0.25, 0.3) is 0 Å². The van der Waals surface area contributed by atoms with Crippen molar-refractivity contribution in [2.45, 2.75) is 18.7 Å². The lowest BCUT2D eigenvalue weighted by molar-refractivity contribution is -0.276. The van der Waals surface area contributed by atoms with E-state index in [1.807, 2.05) is 4.98 Å². The lowest BCUT2D eigenvalue weighted by Gasteiger charge is -2.13. The van der Waals surface area contributed by atoms with Crippen LogP contribution >= 0.6 is 11.6 Å². The van der Waals surface area contributed by atoms with Gasteiger partial charge in [0.25, 0.3) is 5.56 Å². The molecular weight excluding hydrogens is 291 g/mol. The van der Waals surface area contributed by atoms with Crippen LogP contribution in [0.5, 0.6) is 5.88 Å². The molecule has 0 aliphatic heterocycles. The Bertz CT molecular complexity index is 526. The Morgan fingerprint density at radius 3 is 2.53 bits per heavy atom. The molecule has 5 nitrogen and oxygen atoms in total. The fourth-order valence-electron chi connectivity index (χ4n) is 1.27. The number of halogens is 4. The van der Waals surface area contributed by atoms with Gasteiger partial charge in [-0.15, -0.1) is 24.8 Å². The maximum Gasteiger partial charge on any atom is 0.574 e. The molecule has 0 radical (unpaired) electrons. The van der Waals surface area contributed by atoms with E-state index < -0.39 is 30.2 Å². The van der Waals surface area contributed by atoms with Gasteiger partial charge in [0.1, 0.15) is 0 Å². The van der Waals surface area contributed by atoms with Crippen LogP contribution in [0, 0.1) is 0 Å². The standard InChI is InChI=1S/C10H9ClF3NO4/c1-18-7(16)3-5-2-6(4-11)8(17)15-9(5)19-10(12,13)14/h2H,3-4H2,1H3,(H,15,17). The van der Waals surface area contributed by atoms with E-state index in [1.165, 1.54) is 0 Å². The smallest absolute Gasteiger partial charge is 0.469 e. The number of rotatable bonds is 4. The van der Waals surface area contributed by atoms with E-state index in [4.69, 9.17) is 11.6 Å². The van der Waals surface area contributed by atoms with Crippen molar-refractivity contribution in [2.75, 3.05) is 7.11 Å². The second-order valence-electron chi connectivity index (χ2n) is 3.41. The first-order valence-electron chi connectivity index (χ1n) is 4.90. The molecule has 1 heterocycles. The predicted octanol–water partition coefficient (Wildman–Crippen LogP) is 1.73. The maximum absolute atomic E-state index is 12.2.